The minimum atomic E-state index is -0.421. The number of methoxy groups -OCH3 is 1. The van der Waals surface area contributed by atoms with Gasteiger partial charge in [0, 0.05) is 11.1 Å². The Morgan fingerprint density at radius 3 is 2.37 bits per heavy atom. The maximum atomic E-state index is 11.8. The highest BCUT2D eigenvalue weighted by atomic mass is 35.5. The van der Waals surface area contributed by atoms with E-state index in [1.54, 1.807) is 49.6 Å². The van der Waals surface area contributed by atoms with Crippen molar-refractivity contribution in [2.24, 2.45) is 0 Å². The van der Waals surface area contributed by atoms with Gasteiger partial charge in [0.1, 0.15) is 5.75 Å². The number of thiocarbonyl (C=S) groups is 1. The Kier molecular flexibility index (Phi) is 7.79. The number of benzene rings is 2. The van der Waals surface area contributed by atoms with Crippen molar-refractivity contribution >= 4 is 46.8 Å². The van der Waals surface area contributed by atoms with E-state index in [1.165, 1.54) is 6.08 Å². The van der Waals surface area contributed by atoms with Crippen LogP contribution in [0.1, 0.15) is 11.1 Å². The van der Waals surface area contributed by atoms with E-state index in [4.69, 9.17) is 28.6 Å². The Balaban J connectivity index is 1.73. The molecule has 3 N–H and O–H groups in total. The van der Waals surface area contributed by atoms with Crippen molar-refractivity contribution in [2.45, 2.75) is 6.42 Å². The number of rotatable bonds is 5. The Hall–Kier alpha value is -2.90. The van der Waals surface area contributed by atoms with Crippen LogP contribution in [-0.2, 0) is 16.0 Å². The fourth-order valence-electron chi connectivity index (χ4n) is 2.03. The van der Waals surface area contributed by atoms with Gasteiger partial charge in [0.25, 0.3) is 0 Å². The third-order valence-corrected chi connectivity index (χ3v) is 3.83. The molecule has 8 heteroatoms. The maximum Gasteiger partial charge on any atom is 0.250 e. The minimum absolute atomic E-state index is 0.0103. The molecule has 0 saturated carbocycles. The first-order valence-corrected chi connectivity index (χ1v) is 8.71. The van der Waals surface area contributed by atoms with E-state index in [-0.39, 0.29) is 17.4 Å². The first-order valence-electron chi connectivity index (χ1n) is 7.92. The third kappa shape index (κ3) is 7.47. The van der Waals surface area contributed by atoms with E-state index in [0.717, 1.165) is 16.9 Å². The van der Waals surface area contributed by atoms with Crippen LogP contribution in [0.15, 0.2) is 54.6 Å². The number of hydrogen-bond acceptors (Lipinski definition) is 4. The van der Waals surface area contributed by atoms with Gasteiger partial charge in [0.2, 0.25) is 11.8 Å². The van der Waals surface area contributed by atoms with Gasteiger partial charge in [-0.1, -0.05) is 35.9 Å². The number of halogens is 1. The second-order valence-electron chi connectivity index (χ2n) is 5.40. The zero-order chi connectivity index (χ0) is 19.6. The maximum absolute atomic E-state index is 11.8. The Morgan fingerprint density at radius 2 is 1.74 bits per heavy atom. The van der Waals surface area contributed by atoms with Crippen LogP contribution in [0, 0.1) is 0 Å². The number of amides is 2. The number of carbonyl (C=O) groups is 2. The SMILES string of the molecule is COc1ccc(/C=C/C(=O)NC(=S)NNC(=O)Cc2ccc(Cl)cc2)cc1. The van der Waals surface area contributed by atoms with Crippen LogP contribution >= 0.6 is 23.8 Å². The quantitative estimate of drug-likeness (QED) is 0.406. The molecule has 0 aliphatic carbocycles. The molecule has 27 heavy (non-hydrogen) atoms. The van der Waals surface area contributed by atoms with Gasteiger partial charge in [0.05, 0.1) is 13.5 Å². The monoisotopic (exact) mass is 403 g/mol. The average Bonchev–Trinajstić information content (AvgIpc) is 2.67. The molecule has 2 rings (SSSR count). The van der Waals surface area contributed by atoms with Crippen molar-refractivity contribution in [1.29, 1.82) is 0 Å². The highest BCUT2D eigenvalue weighted by Crippen LogP contribution is 2.12. The topological polar surface area (TPSA) is 79.5 Å². The van der Waals surface area contributed by atoms with Crippen LogP contribution in [0.3, 0.4) is 0 Å². The predicted molar refractivity (Wildman–Crippen MR) is 109 cm³/mol. The summed E-state index contributed by atoms with van der Waals surface area (Å²) in [6, 6.07) is 14.1. The predicted octanol–water partition coefficient (Wildman–Crippen LogP) is 2.63. The summed E-state index contributed by atoms with van der Waals surface area (Å²) in [6.07, 6.45) is 3.12. The number of nitrogens with one attached hydrogen (secondary N) is 3. The molecule has 0 aliphatic heterocycles. The summed E-state index contributed by atoms with van der Waals surface area (Å²) in [5.41, 5.74) is 6.54. The Labute approximate surface area is 167 Å². The van der Waals surface area contributed by atoms with Gasteiger partial charge < -0.3 is 4.74 Å². The van der Waals surface area contributed by atoms with Crippen molar-refractivity contribution < 1.29 is 14.3 Å². The molecular weight excluding hydrogens is 386 g/mol. The number of hydrazine groups is 1. The molecular formula is C19H18ClN3O3S. The van der Waals surface area contributed by atoms with E-state index in [9.17, 15) is 9.59 Å². The second kappa shape index (κ2) is 10.3. The van der Waals surface area contributed by atoms with Gasteiger partial charge >= 0.3 is 0 Å². The molecule has 6 nitrogen and oxygen atoms in total. The summed E-state index contributed by atoms with van der Waals surface area (Å²) in [6.45, 7) is 0. The Morgan fingerprint density at radius 1 is 1.07 bits per heavy atom. The molecule has 0 bridgehead atoms. The largest absolute Gasteiger partial charge is 0.497 e. The molecule has 2 aromatic rings. The summed E-state index contributed by atoms with van der Waals surface area (Å²) in [4.78, 5) is 23.7. The molecule has 0 fully saturated rings. The molecule has 0 atom stereocenters. The van der Waals surface area contributed by atoms with Crippen molar-refractivity contribution in [2.75, 3.05) is 7.11 Å². The fraction of sp³-hybridized carbons (Fsp3) is 0.105. The van der Waals surface area contributed by atoms with Gasteiger partial charge in [0.15, 0.2) is 5.11 Å². The summed E-state index contributed by atoms with van der Waals surface area (Å²) in [5.74, 6) is 0.00860. The van der Waals surface area contributed by atoms with Crippen molar-refractivity contribution in [1.82, 2.24) is 16.2 Å². The Bertz CT molecular complexity index is 836. The lowest BCUT2D eigenvalue weighted by atomic mass is 10.1. The highest BCUT2D eigenvalue weighted by Gasteiger charge is 2.05. The van der Waals surface area contributed by atoms with Gasteiger partial charge in [-0.2, -0.15) is 0 Å². The van der Waals surface area contributed by atoms with Crippen molar-refractivity contribution in [3.8, 4) is 5.75 Å². The third-order valence-electron chi connectivity index (χ3n) is 3.37. The lowest BCUT2D eigenvalue weighted by Crippen LogP contribution is -2.48. The molecule has 140 valence electrons. The lowest BCUT2D eigenvalue weighted by Gasteiger charge is -2.09. The van der Waals surface area contributed by atoms with Crippen LogP contribution in [0.4, 0.5) is 0 Å². The standard InChI is InChI=1S/C19H18ClN3O3S/c1-26-16-9-4-13(5-10-16)6-11-17(24)21-19(27)23-22-18(25)12-14-2-7-15(20)8-3-14/h2-11H,12H2,1H3,(H,22,25)(H2,21,23,24,27)/b11-6+. The van der Waals surface area contributed by atoms with E-state index < -0.39 is 5.91 Å². The molecule has 2 aromatic carbocycles. The first kappa shape index (κ1) is 20.4. The zero-order valence-electron chi connectivity index (χ0n) is 14.5. The van der Waals surface area contributed by atoms with Crippen molar-refractivity contribution in [3.05, 3.63) is 70.8 Å². The summed E-state index contributed by atoms with van der Waals surface area (Å²) >= 11 is 10.8. The summed E-state index contributed by atoms with van der Waals surface area (Å²) in [7, 11) is 1.58. The van der Waals surface area contributed by atoms with Gasteiger partial charge in [-0.3, -0.25) is 25.8 Å². The molecule has 0 aliphatic rings. The fourth-order valence-corrected chi connectivity index (χ4v) is 2.31. The molecule has 2 amide bonds. The van der Waals surface area contributed by atoms with E-state index in [0.29, 0.717) is 5.02 Å². The van der Waals surface area contributed by atoms with Crippen LogP contribution in [0.25, 0.3) is 6.08 Å². The van der Waals surface area contributed by atoms with E-state index in [2.05, 4.69) is 16.2 Å². The number of carbonyl (C=O) groups excluding carboxylic acids is 2. The summed E-state index contributed by atoms with van der Waals surface area (Å²) < 4.78 is 5.07. The highest BCUT2D eigenvalue weighted by molar-refractivity contribution is 7.80. The summed E-state index contributed by atoms with van der Waals surface area (Å²) in [5, 5.41) is 3.03. The van der Waals surface area contributed by atoms with Crippen LogP contribution in [0.2, 0.25) is 5.02 Å². The molecule has 0 unspecified atom stereocenters. The van der Waals surface area contributed by atoms with Gasteiger partial charge in [-0.25, -0.2) is 0 Å². The average molecular weight is 404 g/mol. The van der Waals surface area contributed by atoms with E-state index >= 15 is 0 Å². The van der Waals surface area contributed by atoms with Crippen LogP contribution < -0.4 is 20.9 Å². The molecule has 0 heterocycles. The van der Waals surface area contributed by atoms with Gasteiger partial charge in [-0.05, 0) is 53.7 Å². The first-order chi connectivity index (χ1) is 13.0. The smallest absolute Gasteiger partial charge is 0.250 e. The zero-order valence-corrected chi connectivity index (χ0v) is 16.1. The number of hydrogen-bond donors (Lipinski definition) is 3. The van der Waals surface area contributed by atoms with E-state index in [1.807, 2.05) is 12.1 Å². The lowest BCUT2D eigenvalue weighted by molar-refractivity contribution is -0.121. The second-order valence-corrected chi connectivity index (χ2v) is 6.25. The minimum Gasteiger partial charge on any atom is -0.497 e. The molecule has 0 radical (unpaired) electrons. The normalized spacial score (nSPS) is 10.3. The van der Waals surface area contributed by atoms with Crippen molar-refractivity contribution in [3.63, 3.8) is 0 Å². The molecule has 0 spiro atoms. The van der Waals surface area contributed by atoms with Gasteiger partial charge in [-0.15, -0.1) is 0 Å². The molecule has 0 saturated heterocycles. The number of ether oxygens (including phenoxy) is 1. The molecule has 0 aromatic heterocycles. The van der Waals surface area contributed by atoms with Crippen LogP contribution in [0.5, 0.6) is 5.75 Å². The van der Waals surface area contributed by atoms with Crippen LogP contribution in [-0.4, -0.2) is 24.0 Å².